The highest BCUT2D eigenvalue weighted by molar-refractivity contribution is 7.91. The number of nitrogens with one attached hydrogen (secondary N) is 1. The number of hydrogen-bond acceptors (Lipinski definition) is 5. The number of carbonyl (C=O) groups excluding carboxylic acids is 1. The van der Waals surface area contributed by atoms with Gasteiger partial charge in [0.05, 0.1) is 23.0 Å². The molecule has 1 fully saturated rings. The summed E-state index contributed by atoms with van der Waals surface area (Å²) in [5.74, 6) is -0.150. The van der Waals surface area contributed by atoms with Crippen LogP contribution in [0.2, 0.25) is 5.02 Å². The van der Waals surface area contributed by atoms with Crippen LogP contribution in [-0.2, 0) is 25.9 Å². The van der Waals surface area contributed by atoms with Crippen molar-refractivity contribution in [1.82, 2.24) is 14.8 Å². The van der Waals surface area contributed by atoms with Crippen molar-refractivity contribution in [2.24, 2.45) is 0 Å². The van der Waals surface area contributed by atoms with Gasteiger partial charge in [0.15, 0.2) is 0 Å². The lowest BCUT2D eigenvalue weighted by atomic mass is 10.2. The molecule has 0 radical (unpaired) electrons. The molecule has 7 nitrogen and oxygen atoms in total. The van der Waals surface area contributed by atoms with Crippen molar-refractivity contribution in [2.75, 3.05) is 39.4 Å². The first kappa shape index (κ1) is 22.8. The Morgan fingerprint density at radius 3 is 2.53 bits per heavy atom. The van der Waals surface area contributed by atoms with Crippen molar-refractivity contribution < 1.29 is 17.9 Å². The molecule has 1 aromatic heterocycles. The molecule has 170 valence electrons. The van der Waals surface area contributed by atoms with Gasteiger partial charge in [-0.05, 0) is 43.3 Å². The van der Waals surface area contributed by atoms with Crippen molar-refractivity contribution in [3.63, 3.8) is 0 Å². The van der Waals surface area contributed by atoms with Crippen LogP contribution in [0, 0.1) is 0 Å². The lowest BCUT2D eigenvalue weighted by Gasteiger charge is -2.26. The first-order valence-electron chi connectivity index (χ1n) is 10.6. The predicted octanol–water partition coefficient (Wildman–Crippen LogP) is 2.97. The smallest absolute Gasteiger partial charge is 0.239 e. The Morgan fingerprint density at radius 1 is 1.06 bits per heavy atom. The van der Waals surface area contributed by atoms with E-state index in [-0.39, 0.29) is 22.2 Å². The Kier molecular flexibility index (Phi) is 7.15. The van der Waals surface area contributed by atoms with Gasteiger partial charge in [0.1, 0.15) is 6.54 Å². The zero-order valence-electron chi connectivity index (χ0n) is 17.7. The molecule has 0 bridgehead atoms. The molecule has 2 heterocycles. The van der Waals surface area contributed by atoms with Crippen molar-refractivity contribution in [2.45, 2.75) is 22.8 Å². The predicted molar refractivity (Wildman–Crippen MR) is 124 cm³/mol. The molecule has 0 aliphatic carbocycles. The molecule has 2 aromatic carbocycles. The third-order valence-corrected chi connectivity index (χ3v) is 7.61. The lowest BCUT2D eigenvalue weighted by molar-refractivity contribution is -0.121. The average molecular weight is 476 g/mol. The number of sulfone groups is 1. The van der Waals surface area contributed by atoms with E-state index in [9.17, 15) is 13.2 Å². The maximum absolute atomic E-state index is 13.2. The molecule has 4 rings (SSSR count). The topological polar surface area (TPSA) is 80.6 Å². The molecular weight excluding hydrogens is 450 g/mol. The third-order valence-electron chi connectivity index (χ3n) is 5.56. The van der Waals surface area contributed by atoms with E-state index >= 15 is 0 Å². The second kappa shape index (κ2) is 10.0. The molecular formula is C23H26ClN3O4S. The van der Waals surface area contributed by atoms with E-state index in [0.717, 1.165) is 39.3 Å². The zero-order valence-corrected chi connectivity index (χ0v) is 19.2. The molecule has 0 saturated carbocycles. The molecule has 32 heavy (non-hydrogen) atoms. The van der Waals surface area contributed by atoms with Crippen molar-refractivity contribution in [3.8, 4) is 0 Å². The molecule has 3 aromatic rings. The fraction of sp³-hybridized carbons (Fsp3) is 0.348. The molecule has 1 aliphatic heterocycles. The molecule has 1 aliphatic rings. The highest BCUT2D eigenvalue weighted by Gasteiger charge is 2.24. The minimum absolute atomic E-state index is 0.0498. The molecule has 1 amide bonds. The van der Waals surface area contributed by atoms with Crippen LogP contribution in [0.15, 0.2) is 64.5 Å². The average Bonchev–Trinajstić information content (AvgIpc) is 3.17. The van der Waals surface area contributed by atoms with Gasteiger partial charge in [0, 0.05) is 41.8 Å². The maximum Gasteiger partial charge on any atom is 0.239 e. The minimum atomic E-state index is -3.76. The van der Waals surface area contributed by atoms with Crippen molar-refractivity contribution in [3.05, 3.63) is 59.8 Å². The molecule has 9 heteroatoms. The van der Waals surface area contributed by atoms with Crippen LogP contribution in [0.25, 0.3) is 10.9 Å². The standard InChI is InChI=1S/C23H26ClN3O4S/c24-18-6-8-19(9-7-18)32(29,30)22-16-27(21-5-2-1-4-20(21)22)17-23(28)25-10-3-11-26-12-14-31-15-13-26/h1-2,4-9,16H,3,10-15,17H2,(H,25,28). The fourth-order valence-corrected chi connectivity index (χ4v) is 5.47. The van der Waals surface area contributed by atoms with Crippen molar-refractivity contribution in [1.29, 1.82) is 0 Å². The van der Waals surface area contributed by atoms with Crippen molar-refractivity contribution >= 4 is 38.2 Å². The summed E-state index contributed by atoms with van der Waals surface area (Å²) in [6.07, 6.45) is 2.40. The van der Waals surface area contributed by atoms with Crippen LogP contribution >= 0.6 is 11.6 Å². The summed E-state index contributed by atoms with van der Waals surface area (Å²) in [5, 5.41) is 3.99. The normalized spacial score (nSPS) is 15.2. The van der Waals surface area contributed by atoms with Gasteiger partial charge in [-0.3, -0.25) is 9.69 Å². The van der Waals surface area contributed by atoms with Gasteiger partial charge in [-0.2, -0.15) is 0 Å². The summed E-state index contributed by atoms with van der Waals surface area (Å²) in [6, 6.07) is 13.3. The summed E-state index contributed by atoms with van der Waals surface area (Å²) < 4.78 is 33.5. The molecule has 0 unspecified atom stereocenters. The third kappa shape index (κ3) is 5.15. The Balaban J connectivity index is 1.46. The van der Waals surface area contributed by atoms with Gasteiger partial charge >= 0.3 is 0 Å². The van der Waals surface area contributed by atoms with E-state index in [4.69, 9.17) is 16.3 Å². The Hall–Kier alpha value is -2.39. The number of amides is 1. The van der Waals surface area contributed by atoms with E-state index in [1.807, 2.05) is 12.1 Å². The summed E-state index contributed by atoms with van der Waals surface area (Å²) in [5.41, 5.74) is 0.698. The quantitative estimate of drug-likeness (QED) is 0.506. The highest BCUT2D eigenvalue weighted by Crippen LogP contribution is 2.30. The molecule has 0 spiro atoms. The van der Waals surface area contributed by atoms with Gasteiger partial charge in [-0.25, -0.2) is 8.42 Å². The van der Waals surface area contributed by atoms with Crippen LogP contribution in [0.3, 0.4) is 0 Å². The second-order valence-electron chi connectivity index (χ2n) is 7.75. The molecule has 1 N–H and O–H groups in total. The highest BCUT2D eigenvalue weighted by atomic mass is 35.5. The van der Waals surface area contributed by atoms with E-state index in [0.29, 0.717) is 22.5 Å². The largest absolute Gasteiger partial charge is 0.379 e. The Labute approximate surface area is 192 Å². The fourth-order valence-electron chi connectivity index (χ4n) is 3.86. The van der Waals surface area contributed by atoms with Crippen LogP contribution in [-0.4, -0.2) is 63.2 Å². The summed E-state index contributed by atoms with van der Waals surface area (Å²) in [7, 11) is -3.76. The van der Waals surface area contributed by atoms with Crippen LogP contribution in [0.1, 0.15) is 6.42 Å². The van der Waals surface area contributed by atoms with E-state index in [1.165, 1.54) is 12.1 Å². The first-order chi connectivity index (χ1) is 15.4. The first-order valence-corrected chi connectivity index (χ1v) is 12.5. The monoisotopic (exact) mass is 475 g/mol. The number of halogens is 1. The number of rotatable bonds is 8. The number of morpholine rings is 1. The van der Waals surface area contributed by atoms with Gasteiger partial charge in [-0.1, -0.05) is 29.8 Å². The number of benzene rings is 2. The van der Waals surface area contributed by atoms with Gasteiger partial charge in [-0.15, -0.1) is 0 Å². The van der Waals surface area contributed by atoms with Crippen LogP contribution in [0.5, 0.6) is 0 Å². The number of fused-ring (bicyclic) bond motifs is 1. The van der Waals surface area contributed by atoms with Crippen LogP contribution < -0.4 is 5.32 Å². The van der Waals surface area contributed by atoms with E-state index < -0.39 is 9.84 Å². The maximum atomic E-state index is 13.2. The molecule has 1 saturated heterocycles. The Morgan fingerprint density at radius 2 is 1.78 bits per heavy atom. The Bertz CT molecular complexity index is 1190. The van der Waals surface area contributed by atoms with Crippen LogP contribution in [0.4, 0.5) is 0 Å². The second-order valence-corrected chi connectivity index (χ2v) is 10.1. The summed E-state index contributed by atoms with van der Waals surface area (Å²) >= 11 is 5.91. The lowest BCUT2D eigenvalue weighted by Crippen LogP contribution is -2.38. The van der Waals surface area contributed by atoms with Gasteiger partial charge in [0.25, 0.3) is 0 Å². The molecule has 0 atom stereocenters. The van der Waals surface area contributed by atoms with Gasteiger partial charge < -0.3 is 14.6 Å². The summed E-state index contributed by atoms with van der Waals surface area (Å²) in [4.78, 5) is 15.2. The number of aromatic nitrogens is 1. The SMILES string of the molecule is O=C(Cn1cc(S(=O)(=O)c2ccc(Cl)cc2)c2ccccc21)NCCCN1CCOCC1. The van der Waals surface area contributed by atoms with E-state index in [2.05, 4.69) is 10.2 Å². The number of hydrogen-bond donors (Lipinski definition) is 1. The summed E-state index contributed by atoms with van der Waals surface area (Å²) in [6.45, 7) is 4.91. The minimum Gasteiger partial charge on any atom is -0.379 e. The zero-order chi connectivity index (χ0) is 22.6. The van der Waals surface area contributed by atoms with E-state index in [1.54, 1.807) is 35.0 Å². The van der Waals surface area contributed by atoms with Gasteiger partial charge in [0.2, 0.25) is 15.7 Å². The number of ether oxygens (including phenoxy) is 1. The number of carbonyl (C=O) groups is 1. The number of nitrogens with zero attached hydrogens (tertiary/aromatic N) is 2. The number of para-hydroxylation sites is 1.